The molecular formula is C14H11N3O4S. The summed E-state index contributed by atoms with van der Waals surface area (Å²) in [5.41, 5.74) is 0.0676. The van der Waals surface area contributed by atoms with Gasteiger partial charge in [-0.3, -0.25) is 20.2 Å². The first-order valence-electron chi connectivity index (χ1n) is 6.13. The number of carbonyl (C=O) groups excluding carboxylic acids is 1. The van der Waals surface area contributed by atoms with E-state index in [1.54, 1.807) is 18.2 Å². The summed E-state index contributed by atoms with van der Waals surface area (Å²) in [6, 6.07) is 9.37. The van der Waals surface area contributed by atoms with E-state index in [0.29, 0.717) is 5.76 Å². The van der Waals surface area contributed by atoms with Crippen molar-refractivity contribution >= 4 is 40.7 Å². The lowest BCUT2D eigenvalue weighted by molar-refractivity contribution is -0.383. The highest BCUT2D eigenvalue weighted by Crippen LogP contribution is 2.22. The lowest BCUT2D eigenvalue weighted by atomic mass is 10.3. The van der Waals surface area contributed by atoms with Crippen LogP contribution in [0.2, 0.25) is 0 Å². The van der Waals surface area contributed by atoms with Crippen LogP contribution in [0.25, 0.3) is 6.08 Å². The summed E-state index contributed by atoms with van der Waals surface area (Å²) in [5.74, 6) is 0.0419. The Morgan fingerprint density at radius 1 is 1.27 bits per heavy atom. The first kappa shape index (κ1) is 15.4. The lowest BCUT2D eigenvalue weighted by Crippen LogP contribution is -2.33. The molecule has 0 saturated carbocycles. The van der Waals surface area contributed by atoms with Crippen LogP contribution in [0, 0.1) is 10.1 Å². The number of thiocarbonyl (C=S) groups is 1. The molecule has 8 heteroatoms. The fourth-order valence-electron chi connectivity index (χ4n) is 1.59. The lowest BCUT2D eigenvalue weighted by Gasteiger charge is -2.08. The molecule has 0 radical (unpaired) electrons. The average Bonchev–Trinajstić information content (AvgIpc) is 2.98. The molecule has 22 heavy (non-hydrogen) atoms. The van der Waals surface area contributed by atoms with Crippen molar-refractivity contribution in [3.8, 4) is 0 Å². The number of carbonyl (C=O) groups is 1. The Bertz CT molecular complexity index is 725. The summed E-state index contributed by atoms with van der Waals surface area (Å²) in [6.07, 6.45) is 4.20. The Morgan fingerprint density at radius 2 is 2.05 bits per heavy atom. The highest BCUT2D eigenvalue weighted by molar-refractivity contribution is 7.80. The third-order valence-electron chi connectivity index (χ3n) is 2.53. The molecule has 7 nitrogen and oxygen atoms in total. The van der Waals surface area contributed by atoms with Crippen LogP contribution in [-0.4, -0.2) is 15.9 Å². The number of nitro groups is 1. The van der Waals surface area contributed by atoms with E-state index in [9.17, 15) is 14.9 Å². The Hall–Kier alpha value is -3.00. The van der Waals surface area contributed by atoms with Gasteiger partial charge in [0.1, 0.15) is 11.4 Å². The van der Waals surface area contributed by atoms with Gasteiger partial charge < -0.3 is 9.73 Å². The molecule has 2 aromatic rings. The summed E-state index contributed by atoms with van der Waals surface area (Å²) in [6.45, 7) is 0. The number of hydrogen-bond acceptors (Lipinski definition) is 5. The van der Waals surface area contributed by atoms with Crippen molar-refractivity contribution in [2.24, 2.45) is 0 Å². The quantitative estimate of drug-likeness (QED) is 0.389. The molecule has 0 aliphatic rings. The van der Waals surface area contributed by atoms with Crippen LogP contribution >= 0.6 is 12.2 Å². The van der Waals surface area contributed by atoms with Gasteiger partial charge in [0.05, 0.1) is 11.2 Å². The molecule has 0 spiro atoms. The van der Waals surface area contributed by atoms with E-state index < -0.39 is 10.8 Å². The third kappa shape index (κ3) is 4.25. The fourth-order valence-corrected chi connectivity index (χ4v) is 1.80. The van der Waals surface area contributed by atoms with E-state index in [1.165, 1.54) is 36.6 Å². The molecule has 0 atom stereocenters. The van der Waals surface area contributed by atoms with Crippen LogP contribution in [0.5, 0.6) is 0 Å². The van der Waals surface area contributed by atoms with E-state index in [0.717, 1.165) is 0 Å². The van der Waals surface area contributed by atoms with Gasteiger partial charge in [-0.2, -0.15) is 0 Å². The summed E-state index contributed by atoms with van der Waals surface area (Å²) < 4.78 is 5.04. The first-order chi connectivity index (χ1) is 10.6. The largest absolute Gasteiger partial charge is 0.465 e. The number of hydrogen-bond donors (Lipinski definition) is 2. The second-order valence-electron chi connectivity index (χ2n) is 4.07. The summed E-state index contributed by atoms with van der Waals surface area (Å²) in [7, 11) is 0. The highest BCUT2D eigenvalue weighted by Gasteiger charge is 2.13. The van der Waals surface area contributed by atoms with Crippen molar-refractivity contribution in [1.82, 2.24) is 5.32 Å². The molecule has 2 N–H and O–H groups in total. The number of amides is 1. The maximum absolute atomic E-state index is 11.7. The zero-order valence-electron chi connectivity index (χ0n) is 11.2. The molecule has 0 aliphatic carbocycles. The first-order valence-corrected chi connectivity index (χ1v) is 6.54. The standard InChI is InChI=1S/C14H11N3O4S/c18-13(8-7-10-4-3-9-21-10)16-14(22)15-11-5-1-2-6-12(11)17(19)20/h1-9H,(H2,15,16,18,22)/b8-7+. The Labute approximate surface area is 130 Å². The van der Waals surface area contributed by atoms with Crippen molar-refractivity contribution in [2.75, 3.05) is 5.32 Å². The van der Waals surface area contributed by atoms with E-state index in [4.69, 9.17) is 16.6 Å². The maximum atomic E-state index is 11.7. The Morgan fingerprint density at radius 3 is 2.73 bits per heavy atom. The molecule has 1 aromatic carbocycles. The van der Waals surface area contributed by atoms with E-state index in [1.807, 2.05) is 0 Å². The van der Waals surface area contributed by atoms with Crippen LogP contribution in [0.15, 0.2) is 53.2 Å². The number of benzene rings is 1. The average molecular weight is 317 g/mol. The summed E-state index contributed by atoms with van der Waals surface area (Å²) in [5, 5.41) is 15.8. The normalized spacial score (nSPS) is 10.4. The second kappa shape index (κ2) is 7.14. The van der Waals surface area contributed by atoms with Gasteiger partial charge >= 0.3 is 0 Å². The van der Waals surface area contributed by atoms with E-state index in [2.05, 4.69) is 10.6 Å². The Kier molecular flexibility index (Phi) is 4.99. The zero-order chi connectivity index (χ0) is 15.9. The van der Waals surface area contributed by atoms with Crippen LogP contribution in [0.1, 0.15) is 5.76 Å². The smallest absolute Gasteiger partial charge is 0.292 e. The molecule has 0 fully saturated rings. The second-order valence-corrected chi connectivity index (χ2v) is 4.47. The maximum Gasteiger partial charge on any atom is 0.292 e. The molecule has 112 valence electrons. The molecule has 1 amide bonds. The van der Waals surface area contributed by atoms with Crippen LogP contribution in [0.4, 0.5) is 11.4 Å². The zero-order valence-corrected chi connectivity index (χ0v) is 12.0. The van der Waals surface area contributed by atoms with E-state index >= 15 is 0 Å². The molecule has 1 heterocycles. The van der Waals surface area contributed by atoms with Crippen molar-refractivity contribution in [3.05, 3.63) is 64.6 Å². The van der Waals surface area contributed by atoms with Crippen molar-refractivity contribution in [1.29, 1.82) is 0 Å². The molecule has 2 rings (SSSR count). The van der Waals surface area contributed by atoms with Gasteiger partial charge in [-0.15, -0.1) is 0 Å². The Balaban J connectivity index is 1.96. The number of nitrogens with one attached hydrogen (secondary N) is 2. The van der Waals surface area contributed by atoms with Gasteiger partial charge in [-0.05, 0) is 36.5 Å². The minimum Gasteiger partial charge on any atom is -0.465 e. The predicted octanol–water partition coefficient (Wildman–Crippen LogP) is 2.71. The number of nitro benzene ring substituents is 1. The van der Waals surface area contributed by atoms with Gasteiger partial charge in [-0.25, -0.2) is 0 Å². The van der Waals surface area contributed by atoms with Crippen LogP contribution < -0.4 is 10.6 Å². The van der Waals surface area contributed by atoms with Crippen LogP contribution in [0.3, 0.4) is 0 Å². The molecule has 0 unspecified atom stereocenters. The van der Waals surface area contributed by atoms with Crippen LogP contribution in [-0.2, 0) is 4.79 Å². The van der Waals surface area contributed by atoms with Gasteiger partial charge in [0.15, 0.2) is 5.11 Å². The summed E-state index contributed by atoms with van der Waals surface area (Å²) in [4.78, 5) is 22.0. The number of rotatable bonds is 4. The van der Waals surface area contributed by atoms with Crippen molar-refractivity contribution in [2.45, 2.75) is 0 Å². The highest BCUT2D eigenvalue weighted by atomic mass is 32.1. The van der Waals surface area contributed by atoms with Crippen molar-refractivity contribution < 1.29 is 14.1 Å². The molecular weight excluding hydrogens is 306 g/mol. The third-order valence-corrected chi connectivity index (χ3v) is 2.73. The fraction of sp³-hybridized carbons (Fsp3) is 0. The van der Waals surface area contributed by atoms with Gasteiger partial charge in [0, 0.05) is 12.1 Å². The SMILES string of the molecule is O=C(/C=C/c1ccco1)NC(=S)Nc1ccccc1[N+](=O)[O-]. The minimum atomic E-state index is -0.538. The summed E-state index contributed by atoms with van der Waals surface area (Å²) >= 11 is 4.95. The number of furan rings is 1. The molecule has 0 aliphatic heterocycles. The van der Waals surface area contributed by atoms with Crippen molar-refractivity contribution in [3.63, 3.8) is 0 Å². The predicted molar refractivity (Wildman–Crippen MR) is 85.2 cm³/mol. The van der Waals surface area contributed by atoms with E-state index in [-0.39, 0.29) is 16.5 Å². The molecule has 1 aromatic heterocycles. The van der Waals surface area contributed by atoms with Gasteiger partial charge in [-0.1, -0.05) is 12.1 Å². The molecule has 0 bridgehead atoms. The molecule has 0 saturated heterocycles. The number of para-hydroxylation sites is 2. The monoisotopic (exact) mass is 317 g/mol. The topological polar surface area (TPSA) is 97.4 Å². The van der Waals surface area contributed by atoms with Gasteiger partial charge in [0.25, 0.3) is 5.69 Å². The number of nitrogens with zero attached hydrogens (tertiary/aromatic N) is 1. The minimum absolute atomic E-state index is 0.0385. The van der Waals surface area contributed by atoms with Gasteiger partial charge in [0.2, 0.25) is 5.91 Å². The number of anilines is 1.